The van der Waals surface area contributed by atoms with Crippen LogP contribution in [0.25, 0.3) is 10.8 Å². The second-order valence-electron chi connectivity index (χ2n) is 5.56. The SMILES string of the molecule is O=C(C[NH+]1CCCCC1)Nc1cccc2ccccc12. The van der Waals surface area contributed by atoms with Crippen LogP contribution < -0.4 is 10.2 Å². The Morgan fingerprint density at radius 1 is 1.00 bits per heavy atom. The first kappa shape index (κ1) is 13.1. The quantitative estimate of drug-likeness (QED) is 0.876. The molecule has 0 radical (unpaired) electrons. The predicted molar refractivity (Wildman–Crippen MR) is 82.0 cm³/mol. The zero-order chi connectivity index (χ0) is 13.8. The molecule has 2 aromatic carbocycles. The van der Waals surface area contributed by atoms with Gasteiger partial charge in [-0.25, -0.2) is 0 Å². The molecule has 2 aromatic rings. The third-order valence-corrected chi connectivity index (χ3v) is 4.03. The molecule has 1 amide bonds. The van der Waals surface area contributed by atoms with Gasteiger partial charge in [0.25, 0.3) is 5.91 Å². The molecule has 0 saturated carbocycles. The Balaban J connectivity index is 1.71. The van der Waals surface area contributed by atoms with Gasteiger partial charge in [0.1, 0.15) is 0 Å². The molecule has 3 rings (SSSR count). The molecule has 0 aromatic heterocycles. The molecule has 1 aliphatic heterocycles. The zero-order valence-electron chi connectivity index (χ0n) is 11.7. The number of carbonyl (C=O) groups is 1. The summed E-state index contributed by atoms with van der Waals surface area (Å²) in [4.78, 5) is 13.6. The van der Waals surface area contributed by atoms with E-state index in [1.54, 1.807) is 0 Å². The van der Waals surface area contributed by atoms with Gasteiger partial charge < -0.3 is 10.2 Å². The number of quaternary nitrogens is 1. The highest BCUT2D eigenvalue weighted by Crippen LogP contribution is 2.22. The van der Waals surface area contributed by atoms with E-state index < -0.39 is 0 Å². The average Bonchev–Trinajstić information content (AvgIpc) is 2.48. The number of likely N-dealkylation sites (tertiary alicyclic amines) is 1. The van der Waals surface area contributed by atoms with Gasteiger partial charge in [0.05, 0.1) is 13.1 Å². The Labute approximate surface area is 119 Å². The largest absolute Gasteiger partial charge is 0.327 e. The first-order valence-electron chi connectivity index (χ1n) is 7.44. The summed E-state index contributed by atoms with van der Waals surface area (Å²) in [7, 11) is 0. The van der Waals surface area contributed by atoms with E-state index >= 15 is 0 Å². The molecule has 1 aliphatic rings. The molecule has 0 aliphatic carbocycles. The van der Waals surface area contributed by atoms with Crippen molar-refractivity contribution in [3.63, 3.8) is 0 Å². The summed E-state index contributed by atoms with van der Waals surface area (Å²) in [6.07, 6.45) is 3.81. The van der Waals surface area contributed by atoms with Gasteiger partial charge >= 0.3 is 0 Å². The normalized spacial score (nSPS) is 16.2. The van der Waals surface area contributed by atoms with Crippen LogP contribution in [-0.4, -0.2) is 25.5 Å². The van der Waals surface area contributed by atoms with E-state index in [1.807, 2.05) is 24.3 Å². The van der Waals surface area contributed by atoms with Crippen molar-refractivity contribution >= 4 is 22.4 Å². The van der Waals surface area contributed by atoms with E-state index in [4.69, 9.17) is 0 Å². The van der Waals surface area contributed by atoms with Crippen molar-refractivity contribution in [1.82, 2.24) is 0 Å². The minimum Gasteiger partial charge on any atom is -0.327 e. The summed E-state index contributed by atoms with van der Waals surface area (Å²) in [5.74, 6) is 0.123. The van der Waals surface area contributed by atoms with E-state index in [0.717, 1.165) is 29.5 Å². The molecule has 0 bridgehead atoms. The smallest absolute Gasteiger partial charge is 0.279 e. The average molecular weight is 269 g/mol. The fourth-order valence-electron chi connectivity index (χ4n) is 2.98. The molecule has 3 nitrogen and oxygen atoms in total. The maximum Gasteiger partial charge on any atom is 0.279 e. The molecule has 1 heterocycles. The fraction of sp³-hybridized carbons (Fsp3) is 0.353. The van der Waals surface area contributed by atoms with Crippen molar-refractivity contribution in [2.75, 3.05) is 25.0 Å². The standard InChI is InChI=1S/C17H20N2O/c20-17(13-19-11-4-1-5-12-19)18-16-10-6-8-14-7-2-3-9-15(14)16/h2-3,6-10H,1,4-5,11-13H2,(H,18,20)/p+1. The van der Waals surface area contributed by atoms with E-state index in [-0.39, 0.29) is 5.91 Å². The highest BCUT2D eigenvalue weighted by Gasteiger charge is 2.17. The van der Waals surface area contributed by atoms with Crippen LogP contribution in [0.5, 0.6) is 0 Å². The lowest BCUT2D eigenvalue weighted by molar-refractivity contribution is -0.896. The predicted octanol–water partition coefficient (Wildman–Crippen LogP) is 1.85. The summed E-state index contributed by atoms with van der Waals surface area (Å²) in [6.45, 7) is 2.84. The molecule has 0 spiro atoms. The van der Waals surface area contributed by atoms with E-state index in [9.17, 15) is 4.79 Å². The van der Waals surface area contributed by atoms with Crippen molar-refractivity contribution in [2.45, 2.75) is 19.3 Å². The lowest BCUT2D eigenvalue weighted by atomic mass is 10.1. The van der Waals surface area contributed by atoms with Gasteiger partial charge in [0.2, 0.25) is 0 Å². The number of rotatable bonds is 3. The highest BCUT2D eigenvalue weighted by atomic mass is 16.2. The Kier molecular flexibility index (Phi) is 3.97. The van der Waals surface area contributed by atoms with Crippen molar-refractivity contribution < 1.29 is 9.69 Å². The van der Waals surface area contributed by atoms with Crippen LogP contribution in [0, 0.1) is 0 Å². The van der Waals surface area contributed by atoms with Crippen LogP contribution in [0.1, 0.15) is 19.3 Å². The molecule has 1 saturated heterocycles. The first-order chi connectivity index (χ1) is 9.83. The number of anilines is 1. The van der Waals surface area contributed by atoms with E-state index in [2.05, 4.69) is 23.5 Å². The molecule has 0 atom stereocenters. The monoisotopic (exact) mass is 269 g/mol. The summed E-state index contributed by atoms with van der Waals surface area (Å²) in [5, 5.41) is 5.34. The van der Waals surface area contributed by atoms with Gasteiger partial charge in [0.15, 0.2) is 6.54 Å². The van der Waals surface area contributed by atoms with Crippen molar-refractivity contribution in [3.05, 3.63) is 42.5 Å². The van der Waals surface area contributed by atoms with Gasteiger partial charge in [-0.1, -0.05) is 36.4 Å². The van der Waals surface area contributed by atoms with E-state index in [1.165, 1.54) is 24.2 Å². The molecular weight excluding hydrogens is 248 g/mol. The third-order valence-electron chi connectivity index (χ3n) is 4.03. The minimum atomic E-state index is 0.123. The number of hydrogen-bond acceptors (Lipinski definition) is 1. The summed E-state index contributed by atoms with van der Waals surface area (Å²) >= 11 is 0. The molecule has 3 heteroatoms. The number of carbonyl (C=O) groups excluding carboxylic acids is 1. The minimum absolute atomic E-state index is 0.123. The zero-order valence-corrected chi connectivity index (χ0v) is 11.7. The van der Waals surface area contributed by atoms with E-state index in [0.29, 0.717) is 6.54 Å². The molecule has 104 valence electrons. The fourth-order valence-corrected chi connectivity index (χ4v) is 2.98. The highest BCUT2D eigenvalue weighted by molar-refractivity contribution is 6.02. The maximum atomic E-state index is 12.2. The van der Waals surface area contributed by atoms with Gasteiger partial charge in [0, 0.05) is 11.1 Å². The van der Waals surface area contributed by atoms with Crippen LogP contribution in [0.4, 0.5) is 5.69 Å². The van der Waals surface area contributed by atoms with Crippen LogP contribution in [0.15, 0.2) is 42.5 Å². The summed E-state index contributed by atoms with van der Waals surface area (Å²) in [6, 6.07) is 14.2. The van der Waals surface area contributed by atoms with Crippen LogP contribution in [0.3, 0.4) is 0 Å². The van der Waals surface area contributed by atoms with Crippen molar-refractivity contribution in [1.29, 1.82) is 0 Å². The Morgan fingerprint density at radius 3 is 2.60 bits per heavy atom. The van der Waals surface area contributed by atoms with Crippen LogP contribution in [-0.2, 0) is 4.79 Å². The number of piperidine rings is 1. The number of fused-ring (bicyclic) bond motifs is 1. The number of hydrogen-bond donors (Lipinski definition) is 2. The number of amides is 1. The second-order valence-corrected chi connectivity index (χ2v) is 5.56. The molecule has 2 N–H and O–H groups in total. The van der Waals surface area contributed by atoms with Gasteiger partial charge in [-0.3, -0.25) is 4.79 Å². The topological polar surface area (TPSA) is 33.5 Å². The first-order valence-corrected chi connectivity index (χ1v) is 7.44. The Bertz CT molecular complexity index is 597. The summed E-state index contributed by atoms with van der Waals surface area (Å²) < 4.78 is 0. The molecule has 20 heavy (non-hydrogen) atoms. The van der Waals surface area contributed by atoms with Gasteiger partial charge in [-0.15, -0.1) is 0 Å². The summed E-state index contributed by atoms with van der Waals surface area (Å²) in [5.41, 5.74) is 0.921. The van der Waals surface area contributed by atoms with Crippen LogP contribution >= 0.6 is 0 Å². The molecule has 0 unspecified atom stereocenters. The van der Waals surface area contributed by atoms with Crippen LogP contribution in [0.2, 0.25) is 0 Å². The van der Waals surface area contributed by atoms with Gasteiger partial charge in [-0.2, -0.15) is 0 Å². The van der Waals surface area contributed by atoms with Crippen molar-refractivity contribution in [3.8, 4) is 0 Å². The number of nitrogens with one attached hydrogen (secondary N) is 2. The van der Waals surface area contributed by atoms with Gasteiger partial charge in [-0.05, 0) is 30.7 Å². The number of benzene rings is 2. The maximum absolute atomic E-state index is 12.2. The van der Waals surface area contributed by atoms with Crippen molar-refractivity contribution in [2.24, 2.45) is 0 Å². The lowest BCUT2D eigenvalue weighted by Crippen LogP contribution is -3.13. The third kappa shape index (κ3) is 2.99. The Morgan fingerprint density at radius 2 is 1.75 bits per heavy atom. The second kappa shape index (κ2) is 6.06. The molecule has 1 fully saturated rings. The lowest BCUT2D eigenvalue weighted by Gasteiger charge is -2.22. The molecular formula is C17H21N2O+. The Hall–Kier alpha value is -1.87.